The lowest BCUT2D eigenvalue weighted by atomic mass is 10.1. The molecular formula is C9H16N2O. The molecule has 0 aliphatic carbocycles. The van der Waals surface area contributed by atoms with Crippen LogP contribution in [-0.4, -0.2) is 18.0 Å². The van der Waals surface area contributed by atoms with Crippen molar-refractivity contribution in [1.82, 2.24) is 5.32 Å². The van der Waals surface area contributed by atoms with E-state index >= 15 is 0 Å². The molecule has 0 aliphatic heterocycles. The second-order valence-corrected chi connectivity index (χ2v) is 2.83. The van der Waals surface area contributed by atoms with Crippen LogP contribution in [0.15, 0.2) is 0 Å². The highest BCUT2D eigenvalue weighted by molar-refractivity contribution is 5.77. The molecule has 3 nitrogen and oxygen atoms in total. The van der Waals surface area contributed by atoms with Gasteiger partial charge in [-0.2, -0.15) is 0 Å². The maximum absolute atomic E-state index is 11.1. The molecule has 0 aromatic rings. The monoisotopic (exact) mass is 168 g/mol. The summed E-state index contributed by atoms with van der Waals surface area (Å²) < 4.78 is 0. The molecule has 0 heterocycles. The lowest BCUT2D eigenvalue weighted by Gasteiger charge is -2.10. The highest BCUT2D eigenvalue weighted by Gasteiger charge is 2.08. The zero-order valence-electron chi connectivity index (χ0n) is 7.63. The first-order valence-electron chi connectivity index (χ1n) is 4.11. The molecule has 0 aromatic heterocycles. The Balaban J connectivity index is 3.68. The third kappa shape index (κ3) is 4.75. The van der Waals surface area contributed by atoms with E-state index in [-0.39, 0.29) is 18.0 Å². The summed E-state index contributed by atoms with van der Waals surface area (Å²) >= 11 is 0. The van der Waals surface area contributed by atoms with Gasteiger partial charge in [0.15, 0.2) is 0 Å². The van der Waals surface area contributed by atoms with Crippen LogP contribution in [-0.2, 0) is 4.79 Å². The average molecular weight is 168 g/mol. The van der Waals surface area contributed by atoms with E-state index in [1.54, 1.807) is 6.92 Å². The van der Waals surface area contributed by atoms with Crippen LogP contribution in [0, 0.1) is 12.3 Å². The number of rotatable bonds is 4. The van der Waals surface area contributed by atoms with Gasteiger partial charge in [-0.05, 0) is 13.3 Å². The molecule has 2 unspecified atom stereocenters. The first-order valence-corrected chi connectivity index (χ1v) is 4.11. The van der Waals surface area contributed by atoms with Crippen molar-refractivity contribution in [2.24, 2.45) is 5.73 Å². The molecule has 0 fully saturated rings. The van der Waals surface area contributed by atoms with E-state index < -0.39 is 0 Å². The van der Waals surface area contributed by atoms with E-state index in [2.05, 4.69) is 11.2 Å². The molecule has 0 bridgehead atoms. The zero-order chi connectivity index (χ0) is 9.56. The Morgan fingerprint density at radius 2 is 2.33 bits per heavy atom. The number of carbonyl (C=O) groups is 1. The first kappa shape index (κ1) is 11.0. The number of amides is 1. The van der Waals surface area contributed by atoms with E-state index in [4.69, 9.17) is 12.2 Å². The molecule has 68 valence electrons. The minimum atomic E-state index is -0.207. The smallest absolute Gasteiger partial charge is 0.222 e. The van der Waals surface area contributed by atoms with Gasteiger partial charge in [-0.15, -0.1) is 6.42 Å². The molecule has 2 atom stereocenters. The SMILES string of the molecule is C#CC(C)NC(=O)CC(N)CC. The van der Waals surface area contributed by atoms with Crippen LogP contribution in [0.3, 0.4) is 0 Å². The van der Waals surface area contributed by atoms with E-state index in [1.165, 1.54) is 0 Å². The molecule has 0 rings (SSSR count). The summed E-state index contributed by atoms with van der Waals surface area (Å²) in [5, 5.41) is 2.64. The fourth-order valence-corrected chi connectivity index (χ4v) is 0.725. The van der Waals surface area contributed by atoms with Crippen molar-refractivity contribution in [1.29, 1.82) is 0 Å². The zero-order valence-corrected chi connectivity index (χ0v) is 7.63. The van der Waals surface area contributed by atoms with E-state index in [0.717, 1.165) is 6.42 Å². The predicted molar refractivity (Wildman–Crippen MR) is 49.3 cm³/mol. The molecular weight excluding hydrogens is 152 g/mol. The molecule has 0 saturated heterocycles. The number of nitrogens with two attached hydrogens (primary N) is 1. The highest BCUT2D eigenvalue weighted by atomic mass is 16.1. The average Bonchev–Trinajstić information content (AvgIpc) is 2.03. The summed E-state index contributed by atoms with van der Waals surface area (Å²) in [7, 11) is 0. The van der Waals surface area contributed by atoms with Gasteiger partial charge in [-0.3, -0.25) is 4.79 Å². The van der Waals surface area contributed by atoms with Crippen molar-refractivity contribution in [2.45, 2.75) is 38.8 Å². The normalized spacial score (nSPS) is 14.5. The molecule has 3 heteroatoms. The largest absolute Gasteiger partial charge is 0.343 e. The highest BCUT2D eigenvalue weighted by Crippen LogP contribution is 1.93. The van der Waals surface area contributed by atoms with Crippen molar-refractivity contribution in [3.63, 3.8) is 0 Å². The molecule has 0 aliphatic rings. The minimum absolute atomic E-state index is 0.0602. The van der Waals surface area contributed by atoms with E-state index in [9.17, 15) is 4.79 Å². The fraction of sp³-hybridized carbons (Fsp3) is 0.667. The minimum Gasteiger partial charge on any atom is -0.343 e. The van der Waals surface area contributed by atoms with Crippen molar-refractivity contribution in [2.75, 3.05) is 0 Å². The quantitative estimate of drug-likeness (QED) is 0.591. The number of carbonyl (C=O) groups excluding carboxylic acids is 1. The van der Waals surface area contributed by atoms with Gasteiger partial charge in [-0.25, -0.2) is 0 Å². The second kappa shape index (κ2) is 5.62. The molecule has 12 heavy (non-hydrogen) atoms. The Labute approximate surface area is 73.7 Å². The van der Waals surface area contributed by atoms with Crippen molar-refractivity contribution >= 4 is 5.91 Å². The van der Waals surface area contributed by atoms with E-state index in [1.807, 2.05) is 6.92 Å². The Hall–Kier alpha value is -1.01. The van der Waals surface area contributed by atoms with Gasteiger partial charge in [0.1, 0.15) is 0 Å². The molecule has 0 saturated carbocycles. The summed E-state index contributed by atoms with van der Waals surface area (Å²) in [6, 6.07) is -0.267. The molecule has 3 N–H and O–H groups in total. The Morgan fingerprint density at radius 1 is 1.75 bits per heavy atom. The van der Waals surface area contributed by atoms with Gasteiger partial charge in [0.25, 0.3) is 0 Å². The van der Waals surface area contributed by atoms with Crippen LogP contribution < -0.4 is 11.1 Å². The lowest BCUT2D eigenvalue weighted by molar-refractivity contribution is -0.121. The van der Waals surface area contributed by atoms with Crippen LogP contribution >= 0.6 is 0 Å². The molecule has 0 aromatic carbocycles. The van der Waals surface area contributed by atoms with Gasteiger partial charge in [-0.1, -0.05) is 12.8 Å². The number of hydrogen-bond donors (Lipinski definition) is 2. The topological polar surface area (TPSA) is 55.1 Å². The Kier molecular flexibility index (Phi) is 5.14. The summed E-state index contributed by atoms with van der Waals surface area (Å²) in [6.07, 6.45) is 6.24. The Morgan fingerprint density at radius 3 is 2.75 bits per heavy atom. The van der Waals surface area contributed by atoms with Crippen LogP contribution in [0.25, 0.3) is 0 Å². The third-order valence-electron chi connectivity index (χ3n) is 1.60. The first-order chi connectivity index (χ1) is 5.60. The lowest BCUT2D eigenvalue weighted by Crippen LogP contribution is -2.35. The summed E-state index contributed by atoms with van der Waals surface area (Å²) in [4.78, 5) is 11.1. The van der Waals surface area contributed by atoms with E-state index in [0.29, 0.717) is 6.42 Å². The Bertz CT molecular complexity index is 183. The molecule has 0 radical (unpaired) electrons. The standard InChI is InChI=1S/C9H16N2O/c1-4-7(3)11-9(12)6-8(10)5-2/h1,7-8H,5-6,10H2,2-3H3,(H,11,12). The van der Waals surface area contributed by atoms with Crippen molar-refractivity contribution in [3.05, 3.63) is 0 Å². The van der Waals surface area contributed by atoms with Gasteiger partial charge in [0.05, 0.1) is 6.04 Å². The van der Waals surface area contributed by atoms with Crippen molar-refractivity contribution in [3.8, 4) is 12.3 Å². The van der Waals surface area contributed by atoms with Crippen LogP contribution in [0.5, 0.6) is 0 Å². The summed E-state index contributed by atoms with van der Waals surface area (Å²) in [5.41, 5.74) is 5.58. The van der Waals surface area contributed by atoms with Gasteiger partial charge >= 0.3 is 0 Å². The maximum atomic E-state index is 11.1. The number of hydrogen-bond acceptors (Lipinski definition) is 2. The summed E-state index contributed by atoms with van der Waals surface area (Å²) in [6.45, 7) is 3.71. The van der Waals surface area contributed by atoms with Gasteiger partial charge in [0, 0.05) is 12.5 Å². The maximum Gasteiger partial charge on any atom is 0.222 e. The van der Waals surface area contributed by atoms with Gasteiger partial charge < -0.3 is 11.1 Å². The van der Waals surface area contributed by atoms with Gasteiger partial charge in [0.2, 0.25) is 5.91 Å². The van der Waals surface area contributed by atoms with Crippen LogP contribution in [0.1, 0.15) is 26.7 Å². The summed E-state index contributed by atoms with van der Waals surface area (Å²) in [5.74, 6) is 2.34. The van der Waals surface area contributed by atoms with Crippen LogP contribution in [0.2, 0.25) is 0 Å². The van der Waals surface area contributed by atoms with Crippen LogP contribution in [0.4, 0.5) is 0 Å². The number of terminal acetylenes is 1. The molecule has 0 spiro atoms. The third-order valence-corrected chi connectivity index (χ3v) is 1.60. The molecule has 1 amide bonds. The number of nitrogens with one attached hydrogen (secondary N) is 1. The van der Waals surface area contributed by atoms with Crippen molar-refractivity contribution < 1.29 is 4.79 Å². The fourth-order valence-electron chi connectivity index (χ4n) is 0.725. The predicted octanol–water partition coefficient (Wildman–Crippen LogP) is 0.252. The second-order valence-electron chi connectivity index (χ2n) is 2.83.